The Bertz CT molecular complexity index is 849. The molecule has 1 aliphatic heterocycles. The molecule has 0 bridgehead atoms. The molecule has 0 unspecified atom stereocenters. The molecule has 1 aliphatic rings. The molecule has 2 heterocycles. The van der Waals surface area contributed by atoms with Crippen LogP contribution in [0.15, 0.2) is 36.4 Å². The van der Waals surface area contributed by atoms with Crippen molar-refractivity contribution in [2.24, 2.45) is 0 Å². The van der Waals surface area contributed by atoms with Gasteiger partial charge in [-0.05, 0) is 44.7 Å². The number of Topliss-reactive ketones (excluding diaryl/α,β-unsaturated/α-hetero) is 1. The van der Waals surface area contributed by atoms with Gasteiger partial charge in [-0.15, -0.1) is 0 Å². The van der Waals surface area contributed by atoms with Crippen LogP contribution < -0.4 is 0 Å². The normalized spacial score (nSPS) is 15.4. The molecule has 1 amide bonds. The van der Waals surface area contributed by atoms with Crippen LogP contribution in [0, 0.1) is 13.8 Å². The van der Waals surface area contributed by atoms with Gasteiger partial charge in [0, 0.05) is 56.6 Å². The lowest BCUT2D eigenvalue weighted by atomic mass is 10.0. The van der Waals surface area contributed by atoms with Gasteiger partial charge in [-0.2, -0.15) is 0 Å². The highest BCUT2D eigenvalue weighted by Gasteiger charge is 2.26. The Morgan fingerprint density at radius 2 is 1.76 bits per heavy atom. The predicted octanol–water partition coefficient (Wildman–Crippen LogP) is 3.47. The highest BCUT2D eigenvalue weighted by molar-refractivity contribution is 5.99. The van der Waals surface area contributed by atoms with Gasteiger partial charge in [0.1, 0.15) is 0 Å². The van der Waals surface area contributed by atoms with Gasteiger partial charge < -0.3 is 9.47 Å². The third-order valence-corrected chi connectivity index (χ3v) is 6.31. The zero-order valence-corrected chi connectivity index (χ0v) is 18.1. The predicted molar refractivity (Wildman–Crippen MR) is 116 cm³/mol. The third-order valence-electron chi connectivity index (χ3n) is 6.31. The first kappa shape index (κ1) is 21.3. The lowest BCUT2D eigenvalue weighted by Crippen LogP contribution is -2.46. The van der Waals surface area contributed by atoms with Crippen molar-refractivity contribution in [1.82, 2.24) is 14.4 Å². The molecule has 0 atom stereocenters. The van der Waals surface area contributed by atoms with E-state index in [1.807, 2.05) is 24.1 Å². The van der Waals surface area contributed by atoms with E-state index in [1.54, 1.807) is 6.92 Å². The fourth-order valence-corrected chi connectivity index (χ4v) is 4.32. The molecule has 0 spiro atoms. The smallest absolute Gasteiger partial charge is 0.219 e. The van der Waals surface area contributed by atoms with Crippen LogP contribution in [0.25, 0.3) is 0 Å². The SMILES string of the molecule is CC(=O)N(C)C1CCN(CC(=O)c2cc(C)n(CCc3ccccc3)c2C)CC1. The number of nitrogens with zero attached hydrogens (tertiary/aromatic N) is 3. The number of piperidine rings is 1. The molecule has 1 aromatic carbocycles. The minimum Gasteiger partial charge on any atom is -0.348 e. The number of amides is 1. The van der Waals surface area contributed by atoms with E-state index in [0.29, 0.717) is 12.6 Å². The Hall–Kier alpha value is -2.40. The van der Waals surface area contributed by atoms with Crippen molar-refractivity contribution in [2.45, 2.75) is 52.6 Å². The molecular weight excluding hydrogens is 362 g/mol. The zero-order valence-electron chi connectivity index (χ0n) is 18.1. The number of aryl methyl sites for hydroxylation is 2. The van der Waals surface area contributed by atoms with Crippen LogP contribution in [-0.2, 0) is 17.8 Å². The van der Waals surface area contributed by atoms with E-state index in [1.165, 1.54) is 5.56 Å². The maximum atomic E-state index is 13.0. The van der Waals surface area contributed by atoms with Crippen molar-refractivity contribution in [2.75, 3.05) is 26.7 Å². The minimum absolute atomic E-state index is 0.113. The summed E-state index contributed by atoms with van der Waals surface area (Å²) >= 11 is 0. The van der Waals surface area contributed by atoms with Crippen molar-refractivity contribution >= 4 is 11.7 Å². The second kappa shape index (κ2) is 9.40. The summed E-state index contributed by atoms with van der Waals surface area (Å²) in [7, 11) is 1.87. The largest absolute Gasteiger partial charge is 0.348 e. The number of carbonyl (C=O) groups is 2. The summed E-state index contributed by atoms with van der Waals surface area (Å²) in [5.41, 5.74) is 4.36. The quantitative estimate of drug-likeness (QED) is 0.675. The van der Waals surface area contributed by atoms with Crippen molar-refractivity contribution in [3.63, 3.8) is 0 Å². The van der Waals surface area contributed by atoms with E-state index in [2.05, 4.69) is 47.6 Å². The molecule has 29 heavy (non-hydrogen) atoms. The van der Waals surface area contributed by atoms with Gasteiger partial charge >= 0.3 is 0 Å². The van der Waals surface area contributed by atoms with Gasteiger partial charge in [0.25, 0.3) is 0 Å². The fourth-order valence-electron chi connectivity index (χ4n) is 4.32. The van der Waals surface area contributed by atoms with Gasteiger partial charge in [0.15, 0.2) is 5.78 Å². The second-order valence-electron chi connectivity index (χ2n) is 8.23. The number of hydrogen-bond acceptors (Lipinski definition) is 3. The Morgan fingerprint density at radius 3 is 2.38 bits per heavy atom. The summed E-state index contributed by atoms with van der Waals surface area (Å²) in [5, 5.41) is 0. The molecule has 0 aliphatic carbocycles. The van der Waals surface area contributed by atoms with E-state index >= 15 is 0 Å². The van der Waals surface area contributed by atoms with Gasteiger partial charge in [-0.1, -0.05) is 30.3 Å². The lowest BCUT2D eigenvalue weighted by Gasteiger charge is -2.36. The number of benzene rings is 1. The van der Waals surface area contributed by atoms with Crippen LogP contribution in [0.4, 0.5) is 0 Å². The summed E-state index contributed by atoms with van der Waals surface area (Å²) in [6.07, 6.45) is 2.82. The standard InChI is InChI=1S/C24H33N3O2/c1-18-16-23(19(2)27(18)15-10-21-8-6-5-7-9-21)24(29)17-26-13-11-22(12-14-26)25(4)20(3)28/h5-9,16,22H,10-15,17H2,1-4H3. The number of hydrogen-bond donors (Lipinski definition) is 0. The Balaban J connectivity index is 1.58. The molecule has 0 radical (unpaired) electrons. The molecule has 1 fully saturated rings. The Morgan fingerprint density at radius 1 is 1.10 bits per heavy atom. The van der Waals surface area contributed by atoms with Gasteiger partial charge in [0.2, 0.25) is 5.91 Å². The Kier molecular flexibility index (Phi) is 6.91. The lowest BCUT2D eigenvalue weighted by molar-refractivity contribution is -0.130. The van der Waals surface area contributed by atoms with Crippen molar-refractivity contribution in [3.8, 4) is 0 Å². The molecule has 0 N–H and O–H groups in total. The molecule has 5 nitrogen and oxygen atoms in total. The third kappa shape index (κ3) is 5.15. The van der Waals surface area contributed by atoms with Crippen molar-refractivity contribution < 1.29 is 9.59 Å². The average molecular weight is 396 g/mol. The summed E-state index contributed by atoms with van der Waals surface area (Å²) in [4.78, 5) is 28.6. The molecular formula is C24H33N3O2. The molecule has 0 saturated carbocycles. The average Bonchev–Trinajstić information content (AvgIpc) is 3.01. The molecule has 3 rings (SSSR count). The summed E-state index contributed by atoms with van der Waals surface area (Å²) in [6, 6.07) is 12.8. The van der Waals surface area contributed by atoms with Gasteiger partial charge in [0.05, 0.1) is 6.54 Å². The monoisotopic (exact) mass is 395 g/mol. The van der Waals surface area contributed by atoms with Crippen molar-refractivity contribution in [1.29, 1.82) is 0 Å². The maximum absolute atomic E-state index is 13.0. The van der Waals surface area contributed by atoms with Gasteiger partial charge in [-0.3, -0.25) is 14.5 Å². The molecule has 5 heteroatoms. The number of rotatable bonds is 7. The summed E-state index contributed by atoms with van der Waals surface area (Å²) in [5.74, 6) is 0.310. The van der Waals surface area contributed by atoms with E-state index in [-0.39, 0.29) is 11.7 Å². The van der Waals surface area contributed by atoms with E-state index < -0.39 is 0 Å². The molecule has 1 aromatic heterocycles. The first-order chi connectivity index (χ1) is 13.9. The molecule has 1 saturated heterocycles. The van der Waals surface area contributed by atoms with Crippen LogP contribution in [0.2, 0.25) is 0 Å². The number of likely N-dealkylation sites (tertiary alicyclic amines) is 1. The number of carbonyl (C=O) groups excluding carboxylic acids is 2. The first-order valence-electron chi connectivity index (χ1n) is 10.6. The van der Waals surface area contributed by atoms with Gasteiger partial charge in [-0.25, -0.2) is 0 Å². The topological polar surface area (TPSA) is 45.6 Å². The fraction of sp³-hybridized carbons (Fsp3) is 0.500. The Labute approximate surface area is 174 Å². The molecule has 2 aromatic rings. The molecule has 156 valence electrons. The van der Waals surface area contributed by atoms with E-state index in [9.17, 15) is 9.59 Å². The van der Waals surface area contributed by atoms with Crippen LogP contribution in [0.1, 0.15) is 47.1 Å². The van der Waals surface area contributed by atoms with Crippen LogP contribution >= 0.6 is 0 Å². The van der Waals surface area contributed by atoms with Crippen LogP contribution in [-0.4, -0.2) is 58.8 Å². The van der Waals surface area contributed by atoms with Crippen molar-refractivity contribution in [3.05, 3.63) is 58.9 Å². The summed E-state index contributed by atoms with van der Waals surface area (Å²) in [6.45, 7) is 8.82. The first-order valence-corrected chi connectivity index (χ1v) is 10.6. The number of ketones is 1. The van der Waals surface area contributed by atoms with Crippen LogP contribution in [0.5, 0.6) is 0 Å². The van der Waals surface area contributed by atoms with E-state index in [0.717, 1.165) is 55.8 Å². The second-order valence-corrected chi connectivity index (χ2v) is 8.23. The zero-order chi connectivity index (χ0) is 21.0. The number of aromatic nitrogens is 1. The maximum Gasteiger partial charge on any atom is 0.219 e. The van der Waals surface area contributed by atoms with Crippen LogP contribution in [0.3, 0.4) is 0 Å². The summed E-state index contributed by atoms with van der Waals surface area (Å²) < 4.78 is 2.26. The van der Waals surface area contributed by atoms with E-state index in [4.69, 9.17) is 0 Å². The highest BCUT2D eigenvalue weighted by atomic mass is 16.2. The highest BCUT2D eigenvalue weighted by Crippen LogP contribution is 2.20. The minimum atomic E-state index is 0.113.